The molecule has 59 valence electrons. The summed E-state index contributed by atoms with van der Waals surface area (Å²) in [6.07, 6.45) is 7.00. The Morgan fingerprint density at radius 1 is 1.50 bits per heavy atom. The van der Waals surface area contributed by atoms with Crippen LogP contribution in [0.25, 0.3) is 0 Å². The molecule has 0 aromatic rings. The molecule has 1 rings (SSSR count). The number of rotatable bonds is 3. The van der Waals surface area contributed by atoms with Crippen LogP contribution in [-0.2, 0) is 4.74 Å². The van der Waals surface area contributed by atoms with E-state index in [-0.39, 0.29) is 6.10 Å². The molecule has 0 N–H and O–H groups in total. The van der Waals surface area contributed by atoms with Crippen molar-refractivity contribution in [2.75, 3.05) is 0 Å². The molecule has 0 aromatic carbocycles. The number of ether oxygens (including phenoxy) is 1. The molecule has 0 aliphatic heterocycles. The lowest BCUT2D eigenvalue weighted by atomic mass is 10.2. The first-order valence-corrected chi connectivity index (χ1v) is 4.31. The van der Waals surface area contributed by atoms with Crippen LogP contribution < -0.4 is 0 Å². The molecule has 0 aromatic heterocycles. The molecule has 1 saturated carbocycles. The second-order valence-corrected chi connectivity index (χ2v) is 3.07. The second-order valence-electron chi connectivity index (χ2n) is 3.07. The highest BCUT2D eigenvalue weighted by atomic mass is 16.5. The Morgan fingerprint density at radius 2 is 2.10 bits per heavy atom. The van der Waals surface area contributed by atoms with Crippen LogP contribution in [0, 0.1) is 6.92 Å². The molecule has 0 saturated heterocycles. The maximum absolute atomic E-state index is 5.65. The molecular weight excluding hydrogens is 124 g/mol. The average Bonchev–Trinajstić information content (AvgIpc) is 2.40. The molecule has 1 unspecified atom stereocenters. The van der Waals surface area contributed by atoms with Gasteiger partial charge >= 0.3 is 0 Å². The van der Waals surface area contributed by atoms with Gasteiger partial charge in [0, 0.05) is 0 Å². The highest BCUT2D eigenvalue weighted by Gasteiger charge is 2.16. The number of hydrogen-bond donors (Lipinski definition) is 0. The quantitative estimate of drug-likeness (QED) is 0.587. The van der Waals surface area contributed by atoms with Gasteiger partial charge in [-0.25, -0.2) is 0 Å². The fourth-order valence-corrected chi connectivity index (χ4v) is 1.39. The molecule has 1 radical (unpaired) electrons. The van der Waals surface area contributed by atoms with Crippen LogP contribution in [0.2, 0.25) is 0 Å². The third-order valence-corrected chi connectivity index (χ3v) is 2.14. The summed E-state index contributed by atoms with van der Waals surface area (Å²) in [7, 11) is 0. The van der Waals surface area contributed by atoms with Gasteiger partial charge in [0.2, 0.25) is 0 Å². The first kappa shape index (κ1) is 8.06. The van der Waals surface area contributed by atoms with Crippen molar-refractivity contribution in [1.29, 1.82) is 0 Å². The van der Waals surface area contributed by atoms with Gasteiger partial charge < -0.3 is 4.74 Å². The Hall–Kier alpha value is -0.0400. The van der Waals surface area contributed by atoms with Gasteiger partial charge in [0.05, 0.1) is 12.2 Å². The molecule has 1 atom stereocenters. The molecule has 0 bridgehead atoms. The van der Waals surface area contributed by atoms with E-state index in [9.17, 15) is 0 Å². The third kappa shape index (κ3) is 2.30. The maximum Gasteiger partial charge on any atom is 0.0578 e. The van der Waals surface area contributed by atoms with Crippen molar-refractivity contribution in [3.05, 3.63) is 6.92 Å². The molecule has 1 aliphatic carbocycles. The van der Waals surface area contributed by atoms with E-state index in [1.807, 2.05) is 0 Å². The zero-order valence-corrected chi connectivity index (χ0v) is 6.81. The van der Waals surface area contributed by atoms with Crippen molar-refractivity contribution in [3.63, 3.8) is 0 Å². The Balaban J connectivity index is 2.11. The van der Waals surface area contributed by atoms with E-state index in [4.69, 9.17) is 4.74 Å². The predicted octanol–water partition coefficient (Wildman–Crippen LogP) is 2.56. The standard InChI is InChI=1S/C9H17O/c1-3-8(2)10-9-6-4-5-7-9/h8-9H,2-7H2,1H3. The van der Waals surface area contributed by atoms with E-state index in [0.717, 1.165) is 6.42 Å². The topological polar surface area (TPSA) is 9.23 Å². The lowest BCUT2D eigenvalue weighted by Crippen LogP contribution is -2.15. The molecular formula is C9H17O. The van der Waals surface area contributed by atoms with Crippen LogP contribution in [0.1, 0.15) is 39.0 Å². The summed E-state index contributed by atoms with van der Waals surface area (Å²) in [5.41, 5.74) is 0. The maximum atomic E-state index is 5.65. The normalized spacial score (nSPS) is 23.4. The number of hydrogen-bond acceptors (Lipinski definition) is 1. The summed E-state index contributed by atoms with van der Waals surface area (Å²) in [4.78, 5) is 0. The van der Waals surface area contributed by atoms with Gasteiger partial charge in [-0.1, -0.05) is 19.8 Å². The van der Waals surface area contributed by atoms with Crippen molar-refractivity contribution in [2.45, 2.75) is 51.2 Å². The SMILES string of the molecule is [CH2]C(CC)OC1CCCC1. The van der Waals surface area contributed by atoms with Crippen LogP contribution in [0.5, 0.6) is 0 Å². The Bertz CT molecular complexity index is 84.7. The molecule has 1 heteroatoms. The van der Waals surface area contributed by atoms with E-state index in [1.165, 1.54) is 25.7 Å². The van der Waals surface area contributed by atoms with Crippen LogP contribution in [0.3, 0.4) is 0 Å². The highest BCUT2D eigenvalue weighted by molar-refractivity contribution is 4.69. The second kappa shape index (κ2) is 3.97. The third-order valence-electron chi connectivity index (χ3n) is 2.14. The summed E-state index contributed by atoms with van der Waals surface area (Å²) < 4.78 is 5.65. The first-order valence-electron chi connectivity index (χ1n) is 4.31. The Labute approximate surface area is 63.8 Å². The van der Waals surface area contributed by atoms with Crippen LogP contribution in [-0.4, -0.2) is 12.2 Å². The Kier molecular flexibility index (Phi) is 3.20. The summed E-state index contributed by atoms with van der Waals surface area (Å²) in [6, 6.07) is 0. The van der Waals surface area contributed by atoms with Crippen molar-refractivity contribution in [1.82, 2.24) is 0 Å². The molecule has 1 fully saturated rings. The molecule has 1 aliphatic rings. The highest BCUT2D eigenvalue weighted by Crippen LogP contribution is 2.22. The fourth-order valence-electron chi connectivity index (χ4n) is 1.39. The van der Waals surface area contributed by atoms with Gasteiger partial charge in [-0.2, -0.15) is 0 Å². The lowest BCUT2D eigenvalue weighted by Gasteiger charge is -2.16. The predicted molar refractivity (Wildman–Crippen MR) is 42.8 cm³/mol. The van der Waals surface area contributed by atoms with E-state index in [2.05, 4.69) is 13.8 Å². The average molecular weight is 141 g/mol. The molecule has 0 heterocycles. The summed E-state index contributed by atoms with van der Waals surface area (Å²) in [5.74, 6) is 0. The van der Waals surface area contributed by atoms with Crippen LogP contribution >= 0.6 is 0 Å². The van der Waals surface area contributed by atoms with Crippen molar-refractivity contribution in [2.24, 2.45) is 0 Å². The largest absolute Gasteiger partial charge is 0.375 e. The minimum absolute atomic E-state index is 0.225. The minimum Gasteiger partial charge on any atom is -0.375 e. The van der Waals surface area contributed by atoms with Gasteiger partial charge in [-0.3, -0.25) is 0 Å². The summed E-state index contributed by atoms with van der Waals surface area (Å²) in [5, 5.41) is 0. The van der Waals surface area contributed by atoms with Gasteiger partial charge in [-0.05, 0) is 26.2 Å². The van der Waals surface area contributed by atoms with Gasteiger partial charge in [-0.15, -0.1) is 0 Å². The van der Waals surface area contributed by atoms with Crippen molar-refractivity contribution >= 4 is 0 Å². The molecule has 0 amide bonds. The van der Waals surface area contributed by atoms with Crippen LogP contribution in [0.15, 0.2) is 0 Å². The first-order chi connectivity index (χ1) is 4.83. The van der Waals surface area contributed by atoms with E-state index in [0.29, 0.717) is 6.10 Å². The molecule has 10 heavy (non-hydrogen) atoms. The zero-order valence-electron chi connectivity index (χ0n) is 6.81. The minimum atomic E-state index is 0.225. The summed E-state index contributed by atoms with van der Waals surface area (Å²) >= 11 is 0. The summed E-state index contributed by atoms with van der Waals surface area (Å²) in [6.45, 7) is 6.02. The van der Waals surface area contributed by atoms with Crippen molar-refractivity contribution < 1.29 is 4.74 Å². The lowest BCUT2D eigenvalue weighted by molar-refractivity contribution is 0.0147. The fraction of sp³-hybridized carbons (Fsp3) is 0.889. The van der Waals surface area contributed by atoms with E-state index < -0.39 is 0 Å². The van der Waals surface area contributed by atoms with Crippen molar-refractivity contribution in [3.8, 4) is 0 Å². The Morgan fingerprint density at radius 3 is 2.60 bits per heavy atom. The smallest absolute Gasteiger partial charge is 0.0578 e. The van der Waals surface area contributed by atoms with Gasteiger partial charge in [0.25, 0.3) is 0 Å². The van der Waals surface area contributed by atoms with Crippen LogP contribution in [0.4, 0.5) is 0 Å². The molecule has 0 spiro atoms. The zero-order chi connectivity index (χ0) is 7.40. The van der Waals surface area contributed by atoms with Gasteiger partial charge in [0.15, 0.2) is 0 Å². The van der Waals surface area contributed by atoms with E-state index >= 15 is 0 Å². The molecule has 1 nitrogen and oxygen atoms in total. The van der Waals surface area contributed by atoms with E-state index in [1.54, 1.807) is 0 Å². The van der Waals surface area contributed by atoms with Gasteiger partial charge in [0.1, 0.15) is 0 Å². The monoisotopic (exact) mass is 141 g/mol.